The zero-order valence-electron chi connectivity index (χ0n) is 23.0. The van der Waals surface area contributed by atoms with Gasteiger partial charge in [-0.1, -0.05) is 36.4 Å². The maximum atomic E-state index is 14.6. The highest BCUT2D eigenvalue weighted by Crippen LogP contribution is 2.60. The fourth-order valence-electron chi connectivity index (χ4n) is 7.05. The Labute approximate surface area is 234 Å². The van der Waals surface area contributed by atoms with E-state index >= 15 is 0 Å². The molecule has 5 rings (SSSR count). The van der Waals surface area contributed by atoms with Crippen molar-refractivity contribution in [3.63, 3.8) is 0 Å². The molecule has 2 bridgehead atoms. The molecule has 3 heterocycles. The summed E-state index contributed by atoms with van der Waals surface area (Å²) in [6.07, 6.45) is 1.84. The Kier molecular flexibility index (Phi) is 7.70. The maximum Gasteiger partial charge on any atom is 0.310 e. The van der Waals surface area contributed by atoms with E-state index in [1.54, 1.807) is 35.2 Å². The van der Waals surface area contributed by atoms with Crippen molar-refractivity contribution in [2.45, 2.75) is 50.5 Å². The number of anilines is 2. The second kappa shape index (κ2) is 11.1. The smallest absolute Gasteiger partial charge is 0.310 e. The lowest BCUT2D eigenvalue weighted by Gasteiger charge is -2.39. The number of hydrogen-bond acceptors (Lipinski definition) is 6. The van der Waals surface area contributed by atoms with Crippen LogP contribution in [0.25, 0.3) is 0 Å². The Morgan fingerprint density at radius 3 is 2.35 bits per heavy atom. The first-order valence-corrected chi connectivity index (χ1v) is 14.0. The average molecular weight is 548 g/mol. The Morgan fingerprint density at radius 2 is 1.77 bits per heavy atom. The van der Waals surface area contributed by atoms with E-state index in [0.717, 1.165) is 18.8 Å². The lowest BCUT2D eigenvalue weighted by molar-refractivity contribution is -0.151. The molecular weight excluding hydrogens is 510 g/mol. The fraction of sp³-hybridized carbons (Fsp3) is 0.452. The highest BCUT2D eigenvalue weighted by atomic mass is 16.5. The van der Waals surface area contributed by atoms with Gasteiger partial charge < -0.3 is 29.6 Å². The minimum atomic E-state index is -1.29. The summed E-state index contributed by atoms with van der Waals surface area (Å²) in [6.45, 7) is 9.47. The molecule has 6 atom stereocenters. The predicted molar refractivity (Wildman–Crippen MR) is 151 cm³/mol. The number of aliphatic hydroxyl groups is 1. The number of fused-ring (bicyclic) bond motifs is 1. The normalized spacial score (nSPS) is 27.4. The molecule has 2 N–H and O–H groups in total. The van der Waals surface area contributed by atoms with Crippen molar-refractivity contribution in [1.82, 2.24) is 4.90 Å². The third-order valence-corrected chi connectivity index (χ3v) is 8.82. The summed E-state index contributed by atoms with van der Waals surface area (Å²) in [5, 5.41) is 20.6. The van der Waals surface area contributed by atoms with E-state index in [9.17, 15) is 24.6 Å². The molecule has 0 radical (unpaired) electrons. The summed E-state index contributed by atoms with van der Waals surface area (Å²) in [5.74, 6) is -4.00. The first-order chi connectivity index (χ1) is 19.3. The van der Waals surface area contributed by atoms with Gasteiger partial charge in [-0.3, -0.25) is 14.4 Å². The predicted octanol–water partition coefficient (Wildman–Crippen LogP) is 3.24. The van der Waals surface area contributed by atoms with E-state index in [4.69, 9.17) is 4.74 Å². The van der Waals surface area contributed by atoms with E-state index in [1.807, 2.05) is 30.3 Å². The molecule has 0 unspecified atom stereocenters. The van der Waals surface area contributed by atoms with Crippen LogP contribution in [0, 0.1) is 11.8 Å². The van der Waals surface area contributed by atoms with Crippen molar-refractivity contribution in [1.29, 1.82) is 0 Å². The number of nitrogens with zero attached hydrogens (tertiary/aromatic N) is 3. The van der Waals surface area contributed by atoms with E-state index in [1.165, 1.54) is 4.90 Å². The van der Waals surface area contributed by atoms with Crippen LogP contribution in [0.5, 0.6) is 0 Å². The molecule has 3 aliphatic rings. The van der Waals surface area contributed by atoms with Crippen molar-refractivity contribution in [2.24, 2.45) is 11.8 Å². The first kappa shape index (κ1) is 27.9. The molecule has 3 aliphatic heterocycles. The van der Waals surface area contributed by atoms with Crippen LogP contribution in [0.1, 0.15) is 38.3 Å². The van der Waals surface area contributed by atoms with Gasteiger partial charge in [-0.15, -0.1) is 6.58 Å². The van der Waals surface area contributed by atoms with Crippen molar-refractivity contribution in [2.75, 3.05) is 36.0 Å². The number of carbonyl (C=O) groups excluding carboxylic acids is 2. The minimum Gasteiger partial charge on any atom is -0.481 e. The van der Waals surface area contributed by atoms with Crippen LogP contribution in [0.3, 0.4) is 0 Å². The van der Waals surface area contributed by atoms with Gasteiger partial charge in [0.15, 0.2) is 0 Å². The summed E-state index contributed by atoms with van der Waals surface area (Å²) in [7, 11) is 0. The van der Waals surface area contributed by atoms with Gasteiger partial charge in [0.25, 0.3) is 5.91 Å². The van der Waals surface area contributed by atoms with Crippen molar-refractivity contribution >= 4 is 29.2 Å². The van der Waals surface area contributed by atoms with Gasteiger partial charge in [-0.25, -0.2) is 0 Å². The number of carboxylic acids is 1. The Morgan fingerprint density at radius 1 is 1.12 bits per heavy atom. The van der Waals surface area contributed by atoms with Crippen LogP contribution in [0.4, 0.5) is 11.4 Å². The Balaban J connectivity index is 1.60. The molecule has 0 aliphatic carbocycles. The summed E-state index contributed by atoms with van der Waals surface area (Å²) in [6, 6.07) is 14.7. The van der Waals surface area contributed by atoms with E-state index < -0.39 is 54.1 Å². The van der Waals surface area contributed by atoms with Crippen LogP contribution in [-0.4, -0.2) is 76.9 Å². The van der Waals surface area contributed by atoms with E-state index in [-0.39, 0.29) is 12.5 Å². The van der Waals surface area contributed by atoms with Gasteiger partial charge >= 0.3 is 5.97 Å². The van der Waals surface area contributed by atoms with Gasteiger partial charge in [-0.2, -0.15) is 0 Å². The number of likely N-dealkylation sites (tertiary alicyclic amines) is 1. The number of carboxylic acid groups (broad SMARTS) is 1. The second-order valence-corrected chi connectivity index (χ2v) is 10.7. The molecule has 212 valence electrons. The standard InChI is InChI=1S/C31H37N3O6/c1-4-18-33(22-14-12-21(13-15-22)32(5-2)6-3)29(37)27-31-17-16-24(40-31)25(30(38)39)26(31)28(36)34(27)23(19-35)20-10-8-7-9-11-20/h4,7-15,23-27,35H,1,5-6,16-19H2,2-3H3,(H,38,39)/t23-,24-,25+,26+,27-,31+/m1/s1. The highest BCUT2D eigenvalue weighted by molar-refractivity contribution is 6.04. The number of aliphatic hydroxyl groups excluding tert-OH is 1. The zero-order chi connectivity index (χ0) is 28.6. The minimum absolute atomic E-state index is 0.184. The van der Waals surface area contributed by atoms with Gasteiger partial charge in [0.05, 0.1) is 30.6 Å². The molecule has 3 fully saturated rings. The van der Waals surface area contributed by atoms with Crippen LogP contribution in [-0.2, 0) is 19.1 Å². The number of hydrogen-bond donors (Lipinski definition) is 2. The molecule has 2 aromatic carbocycles. The van der Waals surface area contributed by atoms with E-state index in [0.29, 0.717) is 24.1 Å². The second-order valence-electron chi connectivity index (χ2n) is 10.7. The summed E-state index contributed by atoms with van der Waals surface area (Å²) in [4.78, 5) is 46.3. The van der Waals surface area contributed by atoms with Crippen LogP contribution < -0.4 is 9.80 Å². The van der Waals surface area contributed by atoms with E-state index in [2.05, 4.69) is 25.3 Å². The topological polar surface area (TPSA) is 111 Å². The van der Waals surface area contributed by atoms with Crippen molar-refractivity contribution in [3.8, 4) is 0 Å². The monoisotopic (exact) mass is 547 g/mol. The molecule has 2 amide bonds. The lowest BCUT2D eigenvalue weighted by Crippen LogP contribution is -2.57. The van der Waals surface area contributed by atoms with Crippen LogP contribution >= 0.6 is 0 Å². The van der Waals surface area contributed by atoms with Crippen molar-refractivity contribution in [3.05, 3.63) is 72.8 Å². The fourth-order valence-corrected chi connectivity index (χ4v) is 7.05. The third kappa shape index (κ3) is 4.28. The number of rotatable bonds is 11. The third-order valence-electron chi connectivity index (χ3n) is 8.82. The molecule has 3 saturated heterocycles. The molecule has 40 heavy (non-hydrogen) atoms. The SMILES string of the molecule is C=CCN(C(=O)[C@H]1N([C@H](CO)c2ccccc2)C(=O)[C@@H]2[C@@H](C(=O)O)[C@H]3CC[C@]21O3)c1ccc(N(CC)CC)cc1. The molecular formula is C31H37N3O6. The van der Waals surface area contributed by atoms with Gasteiger partial charge in [0.2, 0.25) is 5.91 Å². The summed E-state index contributed by atoms with van der Waals surface area (Å²) in [5.41, 5.74) is 1.04. The quantitative estimate of drug-likeness (QED) is 0.416. The zero-order valence-corrected chi connectivity index (χ0v) is 23.0. The van der Waals surface area contributed by atoms with Gasteiger partial charge in [0, 0.05) is 31.0 Å². The highest BCUT2D eigenvalue weighted by Gasteiger charge is 2.75. The van der Waals surface area contributed by atoms with Gasteiger partial charge in [-0.05, 0) is 56.5 Å². The molecule has 2 aromatic rings. The molecule has 9 heteroatoms. The lowest BCUT2D eigenvalue weighted by atomic mass is 9.70. The van der Waals surface area contributed by atoms with Crippen LogP contribution in [0.2, 0.25) is 0 Å². The molecule has 9 nitrogen and oxygen atoms in total. The maximum absolute atomic E-state index is 14.6. The number of ether oxygens (including phenoxy) is 1. The largest absolute Gasteiger partial charge is 0.481 e. The molecule has 0 saturated carbocycles. The Hall–Kier alpha value is -3.69. The van der Waals surface area contributed by atoms with Crippen LogP contribution in [0.15, 0.2) is 67.3 Å². The molecule has 0 aromatic heterocycles. The van der Waals surface area contributed by atoms with Crippen molar-refractivity contribution < 1.29 is 29.3 Å². The molecule has 1 spiro atoms. The van der Waals surface area contributed by atoms with Gasteiger partial charge in [0.1, 0.15) is 11.6 Å². The Bertz CT molecular complexity index is 1260. The number of aliphatic carboxylic acids is 1. The number of carbonyl (C=O) groups is 3. The summed E-state index contributed by atoms with van der Waals surface area (Å²) < 4.78 is 6.36. The first-order valence-electron chi connectivity index (χ1n) is 14.0. The summed E-state index contributed by atoms with van der Waals surface area (Å²) >= 11 is 0. The number of amides is 2. The average Bonchev–Trinajstić information content (AvgIpc) is 3.61. The number of benzene rings is 2.